The van der Waals surface area contributed by atoms with Gasteiger partial charge in [0, 0.05) is 36.0 Å². The van der Waals surface area contributed by atoms with Crippen molar-refractivity contribution in [3.63, 3.8) is 0 Å². The van der Waals surface area contributed by atoms with Crippen LogP contribution in [0.2, 0.25) is 0 Å². The number of nitrogens with one attached hydrogen (secondary N) is 2. The van der Waals surface area contributed by atoms with E-state index in [2.05, 4.69) is 44.9 Å². The first-order valence-corrected chi connectivity index (χ1v) is 8.92. The van der Waals surface area contributed by atoms with Crippen molar-refractivity contribution in [3.05, 3.63) is 52.1 Å². The zero-order valence-electron chi connectivity index (χ0n) is 14.4. The van der Waals surface area contributed by atoms with Gasteiger partial charge in [0.25, 0.3) is 0 Å². The lowest BCUT2D eigenvalue weighted by molar-refractivity contribution is 0.763. The van der Waals surface area contributed by atoms with Crippen molar-refractivity contribution in [2.24, 2.45) is 4.99 Å². The number of aromatic nitrogens is 3. The largest absolute Gasteiger partial charge is 0.356 e. The Morgan fingerprint density at radius 3 is 2.76 bits per heavy atom. The van der Waals surface area contributed by atoms with Crippen molar-refractivity contribution in [3.8, 4) is 0 Å². The van der Waals surface area contributed by atoms with Crippen LogP contribution in [-0.2, 0) is 19.4 Å². The molecule has 0 radical (unpaired) electrons. The van der Waals surface area contributed by atoms with Gasteiger partial charge in [0.2, 0.25) is 0 Å². The van der Waals surface area contributed by atoms with Crippen LogP contribution in [0.15, 0.2) is 41.5 Å². The molecule has 0 atom stereocenters. The third-order valence-electron chi connectivity index (χ3n) is 3.74. The summed E-state index contributed by atoms with van der Waals surface area (Å²) in [6, 6.07) is 10.3. The highest BCUT2D eigenvalue weighted by Crippen LogP contribution is 2.16. The Hall–Kier alpha value is -1.68. The van der Waals surface area contributed by atoms with Gasteiger partial charge in [-0.25, -0.2) is 0 Å². The molecule has 0 amide bonds. The molecule has 3 aromatic rings. The van der Waals surface area contributed by atoms with Crippen LogP contribution in [-0.4, -0.2) is 34.2 Å². The Morgan fingerprint density at radius 1 is 1.16 bits per heavy atom. The summed E-state index contributed by atoms with van der Waals surface area (Å²) in [7, 11) is 1.79. The summed E-state index contributed by atoms with van der Waals surface area (Å²) in [4.78, 5) is 7.00. The van der Waals surface area contributed by atoms with Crippen LogP contribution in [0.25, 0.3) is 5.65 Å². The van der Waals surface area contributed by atoms with Crippen LogP contribution in [0.1, 0.15) is 22.5 Å². The molecule has 0 aliphatic rings. The minimum Gasteiger partial charge on any atom is -0.356 e. The van der Waals surface area contributed by atoms with Crippen LogP contribution >= 0.6 is 35.3 Å². The first-order chi connectivity index (χ1) is 11.8. The molecule has 0 saturated carbocycles. The zero-order valence-corrected chi connectivity index (χ0v) is 17.5. The Morgan fingerprint density at radius 2 is 2.00 bits per heavy atom. The van der Waals surface area contributed by atoms with E-state index in [-0.39, 0.29) is 24.0 Å². The number of hydrogen-bond donors (Lipinski definition) is 2. The lowest BCUT2D eigenvalue weighted by atomic mass is 10.3. The molecule has 6 nitrogen and oxygen atoms in total. The third-order valence-corrected chi connectivity index (χ3v) is 4.97. The lowest BCUT2D eigenvalue weighted by Crippen LogP contribution is -2.37. The second-order valence-corrected chi connectivity index (χ2v) is 6.62. The molecule has 3 rings (SSSR count). The Balaban J connectivity index is 0.00000225. The van der Waals surface area contributed by atoms with Crippen LogP contribution in [0, 0.1) is 0 Å². The molecule has 2 N–H and O–H groups in total. The molecule has 0 fully saturated rings. The molecular weight excluding hydrogens is 447 g/mol. The number of thiophene rings is 1. The Bertz CT molecular complexity index is 825. The van der Waals surface area contributed by atoms with E-state index < -0.39 is 0 Å². The smallest absolute Gasteiger partial charge is 0.191 e. The van der Waals surface area contributed by atoms with Gasteiger partial charge in [0.15, 0.2) is 11.6 Å². The third kappa shape index (κ3) is 5.15. The molecule has 0 unspecified atom stereocenters. The molecule has 0 aliphatic heterocycles. The van der Waals surface area contributed by atoms with E-state index in [0.717, 1.165) is 43.4 Å². The standard InChI is InChI=1S/C17H22N6S.HI/c1-3-13-7-8-14(24-13)12-20-17(18-2)19-10-9-16-22-21-15-6-4-5-11-23(15)16;/h4-8,11H,3,9-10,12H2,1-2H3,(H2,18,19,20);1H. The molecular formula is C17H23IN6S. The van der Waals surface area contributed by atoms with Crippen LogP contribution < -0.4 is 10.6 Å². The molecule has 3 aromatic heterocycles. The van der Waals surface area contributed by atoms with Gasteiger partial charge in [-0.3, -0.25) is 9.39 Å². The maximum atomic E-state index is 4.27. The van der Waals surface area contributed by atoms with Crippen molar-refractivity contribution in [2.75, 3.05) is 13.6 Å². The number of aliphatic imine (C=N–C) groups is 1. The second kappa shape index (κ2) is 9.71. The summed E-state index contributed by atoms with van der Waals surface area (Å²) in [5.74, 6) is 1.75. The monoisotopic (exact) mass is 470 g/mol. The summed E-state index contributed by atoms with van der Waals surface area (Å²) in [5, 5.41) is 15.1. The highest BCUT2D eigenvalue weighted by atomic mass is 127. The normalized spacial score (nSPS) is 11.4. The van der Waals surface area contributed by atoms with E-state index in [0.29, 0.717) is 0 Å². The average molecular weight is 470 g/mol. The van der Waals surface area contributed by atoms with Crippen LogP contribution in [0.3, 0.4) is 0 Å². The van der Waals surface area contributed by atoms with Crippen LogP contribution in [0.5, 0.6) is 0 Å². The van der Waals surface area contributed by atoms with E-state index in [1.165, 1.54) is 9.75 Å². The maximum Gasteiger partial charge on any atom is 0.191 e. The SMILES string of the molecule is CCc1ccc(CNC(=NC)NCCc2nnc3ccccn23)s1.I. The predicted octanol–water partition coefficient (Wildman–Crippen LogP) is 2.88. The molecule has 3 heterocycles. The van der Waals surface area contributed by atoms with E-state index in [1.807, 2.05) is 40.1 Å². The van der Waals surface area contributed by atoms with Gasteiger partial charge >= 0.3 is 0 Å². The molecule has 8 heteroatoms. The van der Waals surface area contributed by atoms with E-state index in [1.54, 1.807) is 7.05 Å². The first kappa shape index (κ1) is 19.6. The summed E-state index contributed by atoms with van der Waals surface area (Å²) in [6.07, 6.45) is 3.86. The quantitative estimate of drug-likeness (QED) is 0.331. The maximum absolute atomic E-state index is 4.27. The number of rotatable bonds is 6. The number of halogens is 1. The van der Waals surface area contributed by atoms with Crippen molar-refractivity contribution in [1.82, 2.24) is 25.2 Å². The zero-order chi connectivity index (χ0) is 16.8. The Labute approximate surface area is 168 Å². The molecule has 25 heavy (non-hydrogen) atoms. The van der Waals surface area contributed by atoms with Gasteiger partial charge in [-0.05, 0) is 30.7 Å². The number of aryl methyl sites for hydroxylation is 1. The Kier molecular flexibility index (Phi) is 7.63. The van der Waals surface area contributed by atoms with Gasteiger partial charge in [0.1, 0.15) is 5.82 Å². The van der Waals surface area contributed by atoms with E-state index in [9.17, 15) is 0 Å². The van der Waals surface area contributed by atoms with Crippen molar-refractivity contribution < 1.29 is 0 Å². The number of hydrogen-bond acceptors (Lipinski definition) is 4. The number of fused-ring (bicyclic) bond motifs is 1. The summed E-state index contributed by atoms with van der Waals surface area (Å²) in [6.45, 7) is 3.72. The van der Waals surface area contributed by atoms with Crippen molar-refractivity contribution >= 4 is 46.9 Å². The predicted molar refractivity (Wildman–Crippen MR) is 114 cm³/mol. The highest BCUT2D eigenvalue weighted by molar-refractivity contribution is 14.0. The van der Waals surface area contributed by atoms with Crippen LogP contribution in [0.4, 0.5) is 0 Å². The topological polar surface area (TPSA) is 66.6 Å². The molecule has 0 spiro atoms. The number of pyridine rings is 1. The fourth-order valence-corrected chi connectivity index (χ4v) is 3.35. The van der Waals surface area contributed by atoms with Gasteiger partial charge in [-0.2, -0.15) is 0 Å². The second-order valence-electron chi connectivity index (χ2n) is 5.37. The van der Waals surface area contributed by atoms with Crippen molar-refractivity contribution in [1.29, 1.82) is 0 Å². The molecule has 0 bridgehead atoms. The first-order valence-electron chi connectivity index (χ1n) is 8.11. The molecule has 0 aliphatic carbocycles. The number of guanidine groups is 1. The lowest BCUT2D eigenvalue weighted by Gasteiger charge is -2.10. The van der Waals surface area contributed by atoms with Crippen molar-refractivity contribution in [2.45, 2.75) is 26.3 Å². The van der Waals surface area contributed by atoms with Gasteiger partial charge < -0.3 is 10.6 Å². The fourth-order valence-electron chi connectivity index (χ4n) is 2.45. The van der Waals surface area contributed by atoms with Gasteiger partial charge in [-0.1, -0.05) is 13.0 Å². The molecule has 0 saturated heterocycles. The minimum atomic E-state index is 0. The number of nitrogens with zero attached hydrogens (tertiary/aromatic N) is 4. The molecule has 134 valence electrons. The van der Waals surface area contributed by atoms with E-state index >= 15 is 0 Å². The van der Waals surface area contributed by atoms with E-state index in [4.69, 9.17) is 0 Å². The average Bonchev–Trinajstić information content (AvgIpc) is 3.25. The summed E-state index contributed by atoms with van der Waals surface area (Å²) >= 11 is 1.84. The highest BCUT2D eigenvalue weighted by Gasteiger charge is 2.05. The molecule has 0 aromatic carbocycles. The van der Waals surface area contributed by atoms with Gasteiger partial charge in [0.05, 0.1) is 6.54 Å². The summed E-state index contributed by atoms with van der Waals surface area (Å²) < 4.78 is 2.01. The summed E-state index contributed by atoms with van der Waals surface area (Å²) in [5.41, 5.74) is 0.874. The van der Waals surface area contributed by atoms with Gasteiger partial charge in [-0.15, -0.1) is 45.5 Å². The fraction of sp³-hybridized carbons (Fsp3) is 0.353. The minimum absolute atomic E-state index is 0.